The molecule has 1 unspecified atom stereocenters. The Morgan fingerprint density at radius 3 is 2.81 bits per heavy atom. The number of ether oxygens (including phenoxy) is 1. The van der Waals surface area contributed by atoms with Gasteiger partial charge in [0.15, 0.2) is 6.20 Å². The summed E-state index contributed by atoms with van der Waals surface area (Å²) in [4.78, 5) is 4.44. The van der Waals surface area contributed by atoms with Crippen molar-refractivity contribution in [1.82, 2.24) is 9.38 Å². The second-order valence-corrected chi connectivity index (χ2v) is 8.52. The van der Waals surface area contributed by atoms with E-state index >= 15 is 0 Å². The Hall–Kier alpha value is -4.25. The lowest BCUT2D eigenvalue weighted by Gasteiger charge is -2.27. The molecular weight excluding hydrogens is 384 g/mol. The normalized spacial score (nSPS) is 18.7. The number of aromatic nitrogens is 4. The van der Waals surface area contributed by atoms with E-state index < -0.39 is 5.66 Å². The van der Waals surface area contributed by atoms with Gasteiger partial charge in [-0.2, -0.15) is 8.97 Å². The molecule has 0 N–H and O–H groups in total. The van der Waals surface area contributed by atoms with Gasteiger partial charge in [0.25, 0.3) is 0 Å². The van der Waals surface area contributed by atoms with Gasteiger partial charge in [0.1, 0.15) is 40.5 Å². The smallest absolute Gasteiger partial charge is 0.371 e. The van der Waals surface area contributed by atoms with Gasteiger partial charge in [-0.1, -0.05) is 6.07 Å². The van der Waals surface area contributed by atoms with Gasteiger partial charge in [-0.25, -0.2) is 0 Å². The molecule has 6 aromatic rings. The van der Waals surface area contributed by atoms with Crippen molar-refractivity contribution in [1.29, 1.82) is 0 Å². The summed E-state index contributed by atoms with van der Waals surface area (Å²) in [7, 11) is 0. The summed E-state index contributed by atoms with van der Waals surface area (Å²) in [5, 5.41) is 3.61. The highest BCUT2D eigenvalue weighted by Gasteiger charge is 2.67. The topological polar surface area (TPSA) is 34.3 Å². The van der Waals surface area contributed by atoms with Crippen molar-refractivity contribution in [2.24, 2.45) is 0 Å². The summed E-state index contributed by atoms with van der Waals surface area (Å²) >= 11 is 0. The maximum atomic E-state index is 6.54. The van der Waals surface area contributed by atoms with E-state index in [1.54, 1.807) is 0 Å². The van der Waals surface area contributed by atoms with Crippen LogP contribution in [-0.4, -0.2) is 9.38 Å². The van der Waals surface area contributed by atoms with Gasteiger partial charge < -0.3 is 4.74 Å². The molecule has 0 saturated carbocycles. The summed E-state index contributed by atoms with van der Waals surface area (Å²) in [6, 6.07) is 19.3. The van der Waals surface area contributed by atoms with Crippen LogP contribution in [-0.2, 0) is 5.66 Å². The van der Waals surface area contributed by atoms with Crippen molar-refractivity contribution < 1.29 is 13.9 Å². The number of imidazole rings is 1. The fraction of sp³-hybridized carbons (Fsp3) is 0.0385. The molecule has 7 heterocycles. The first kappa shape index (κ1) is 14.7. The molecule has 4 aromatic heterocycles. The van der Waals surface area contributed by atoms with E-state index in [1.165, 1.54) is 38.8 Å². The molecule has 0 aliphatic carbocycles. The van der Waals surface area contributed by atoms with Gasteiger partial charge >= 0.3 is 11.3 Å². The van der Waals surface area contributed by atoms with Crippen LogP contribution in [0.3, 0.4) is 0 Å². The first-order valence-corrected chi connectivity index (χ1v) is 10.5. The fourth-order valence-corrected chi connectivity index (χ4v) is 6.34. The highest BCUT2D eigenvalue weighted by Crippen LogP contribution is 2.56. The van der Waals surface area contributed by atoms with E-state index in [2.05, 4.69) is 91.7 Å². The summed E-state index contributed by atoms with van der Waals surface area (Å²) in [5.41, 5.74) is 6.75. The molecule has 0 bridgehead atoms. The Kier molecular flexibility index (Phi) is 2.09. The molecule has 142 valence electrons. The maximum absolute atomic E-state index is 6.54. The third kappa shape index (κ3) is 1.30. The summed E-state index contributed by atoms with van der Waals surface area (Å²) in [6.45, 7) is 0. The summed E-state index contributed by atoms with van der Waals surface area (Å²) < 4.78 is 13.7. The molecule has 9 rings (SSSR count). The third-order valence-electron chi connectivity index (χ3n) is 7.34. The minimum Gasteiger partial charge on any atom is -0.456 e. The van der Waals surface area contributed by atoms with E-state index in [9.17, 15) is 0 Å². The molecule has 3 aliphatic heterocycles. The number of hydrogen-bond donors (Lipinski definition) is 0. The Labute approximate surface area is 176 Å². The first-order valence-electron chi connectivity index (χ1n) is 10.5. The average molecular weight is 398 g/mol. The zero-order valence-electron chi connectivity index (χ0n) is 16.3. The maximum Gasteiger partial charge on any atom is 0.371 e. The third-order valence-corrected chi connectivity index (χ3v) is 7.34. The molecule has 0 saturated heterocycles. The van der Waals surface area contributed by atoms with Gasteiger partial charge in [0.2, 0.25) is 5.69 Å². The molecular formula is C26H14N4O+2. The van der Waals surface area contributed by atoms with Crippen molar-refractivity contribution in [2.75, 3.05) is 0 Å². The second-order valence-electron chi connectivity index (χ2n) is 8.52. The van der Waals surface area contributed by atoms with Crippen molar-refractivity contribution in [3.8, 4) is 22.8 Å². The second kappa shape index (κ2) is 4.42. The Morgan fingerprint density at radius 1 is 0.839 bits per heavy atom. The minimum absolute atomic E-state index is 0.489. The van der Waals surface area contributed by atoms with Crippen LogP contribution in [0.1, 0.15) is 11.1 Å². The molecule has 0 fully saturated rings. The lowest BCUT2D eigenvalue weighted by atomic mass is 9.86. The zero-order valence-corrected chi connectivity index (χ0v) is 16.3. The van der Waals surface area contributed by atoms with Crippen LogP contribution in [0.4, 0.5) is 0 Å². The molecule has 31 heavy (non-hydrogen) atoms. The molecule has 2 aromatic carbocycles. The zero-order chi connectivity index (χ0) is 19.9. The van der Waals surface area contributed by atoms with E-state index in [0.29, 0.717) is 0 Å². The summed E-state index contributed by atoms with van der Waals surface area (Å²) in [6.07, 6.45) is 10.5. The number of nitrogens with zero attached hydrogens (tertiary/aromatic N) is 4. The van der Waals surface area contributed by atoms with E-state index in [4.69, 9.17) is 4.74 Å². The van der Waals surface area contributed by atoms with E-state index in [0.717, 1.165) is 22.4 Å². The fourth-order valence-electron chi connectivity index (χ4n) is 6.34. The van der Waals surface area contributed by atoms with Crippen LogP contribution in [0, 0.1) is 0 Å². The lowest BCUT2D eigenvalue weighted by molar-refractivity contribution is -0.950. The molecule has 1 atom stereocenters. The van der Waals surface area contributed by atoms with E-state index in [1.807, 2.05) is 12.4 Å². The van der Waals surface area contributed by atoms with Crippen molar-refractivity contribution >= 4 is 27.3 Å². The number of rotatable bonds is 0. The van der Waals surface area contributed by atoms with Crippen molar-refractivity contribution in [3.05, 3.63) is 96.7 Å². The molecule has 5 heteroatoms. The SMILES string of the molecule is c1cc2c3c(c1)-c1cccc[n+]1C31c3c(ccc4c5cnccc5n5cc[n+]1c5c34)O2. The Balaban J connectivity index is 1.65. The van der Waals surface area contributed by atoms with Crippen LogP contribution in [0.5, 0.6) is 11.5 Å². The molecule has 0 amide bonds. The van der Waals surface area contributed by atoms with Gasteiger partial charge in [-0.15, -0.1) is 4.57 Å². The molecule has 0 radical (unpaired) electrons. The van der Waals surface area contributed by atoms with Crippen molar-refractivity contribution in [3.63, 3.8) is 0 Å². The number of benzene rings is 2. The highest BCUT2D eigenvalue weighted by molar-refractivity contribution is 6.14. The monoisotopic (exact) mass is 398 g/mol. The summed E-state index contributed by atoms with van der Waals surface area (Å²) in [5.74, 6) is 1.86. The standard InChI is InChI=1S/C26H14N4O/c1-2-11-29-19(5-1)16-4-3-6-20-23(16)26(29)24-21(31-20)8-7-15-17-14-27-10-9-18(17)28-12-13-30(26)25(28)22(15)24/h1-14H/q+2. The van der Waals surface area contributed by atoms with Crippen LogP contribution < -0.4 is 13.9 Å². The first-order chi connectivity index (χ1) is 15.4. The molecule has 3 aliphatic rings. The minimum atomic E-state index is -0.489. The van der Waals surface area contributed by atoms with E-state index in [-0.39, 0.29) is 0 Å². The van der Waals surface area contributed by atoms with Crippen LogP contribution in [0.15, 0.2) is 85.6 Å². The van der Waals surface area contributed by atoms with Crippen molar-refractivity contribution in [2.45, 2.75) is 5.66 Å². The Morgan fingerprint density at radius 2 is 1.81 bits per heavy atom. The van der Waals surface area contributed by atoms with Gasteiger partial charge in [0.05, 0.1) is 10.9 Å². The van der Waals surface area contributed by atoms with Crippen LogP contribution in [0.2, 0.25) is 0 Å². The number of fused-ring (bicyclic) bond motifs is 5. The Bertz CT molecular complexity index is 1830. The van der Waals surface area contributed by atoms with Crippen LogP contribution in [0.25, 0.3) is 38.6 Å². The number of hydrogen-bond acceptors (Lipinski definition) is 2. The quantitative estimate of drug-likeness (QED) is 0.287. The largest absolute Gasteiger partial charge is 0.456 e. The highest BCUT2D eigenvalue weighted by atomic mass is 16.5. The van der Waals surface area contributed by atoms with Gasteiger partial charge in [-0.05, 0) is 30.3 Å². The van der Waals surface area contributed by atoms with Gasteiger partial charge in [-0.3, -0.25) is 4.98 Å². The average Bonchev–Trinajstić information content (AvgIpc) is 3.48. The number of pyridine rings is 3. The van der Waals surface area contributed by atoms with Crippen LogP contribution >= 0.6 is 0 Å². The molecule has 1 spiro atoms. The predicted molar refractivity (Wildman–Crippen MR) is 114 cm³/mol. The molecule has 5 nitrogen and oxygen atoms in total. The predicted octanol–water partition coefficient (Wildman–Crippen LogP) is 3.91. The van der Waals surface area contributed by atoms with Gasteiger partial charge in [0, 0.05) is 41.4 Å². The lowest BCUT2D eigenvalue weighted by Crippen LogP contribution is -2.71.